The first-order chi connectivity index (χ1) is 4.55. The highest BCUT2D eigenvalue weighted by Gasteiger charge is 2.39. The molecule has 0 spiro atoms. The van der Waals surface area contributed by atoms with Crippen LogP contribution in [0.15, 0.2) is 0 Å². The lowest BCUT2D eigenvalue weighted by molar-refractivity contribution is -0.0748. The molecule has 1 saturated heterocycles. The van der Waals surface area contributed by atoms with Gasteiger partial charge in [0.25, 0.3) is 0 Å². The van der Waals surface area contributed by atoms with E-state index in [2.05, 4.69) is 33.6 Å². The van der Waals surface area contributed by atoms with Crippen LogP contribution in [0.1, 0.15) is 0 Å². The Bertz CT molecular complexity index is 198. The zero-order valence-corrected chi connectivity index (χ0v) is 7.40. The van der Waals surface area contributed by atoms with Crippen LogP contribution in [-0.4, -0.2) is 25.7 Å². The normalized spacial score (nSPS) is 27.4. The van der Waals surface area contributed by atoms with Gasteiger partial charge in [-0.3, -0.25) is 0 Å². The molecule has 1 rings (SSSR count). The molecule has 0 amide bonds. The van der Waals surface area contributed by atoms with Gasteiger partial charge >= 0.3 is 10.4 Å². The van der Waals surface area contributed by atoms with Crippen LogP contribution in [0.3, 0.4) is 0 Å². The van der Waals surface area contributed by atoms with Crippen LogP contribution in [-0.2, 0) is 18.8 Å². The summed E-state index contributed by atoms with van der Waals surface area (Å²) in [7, 11) is -3.67. The summed E-state index contributed by atoms with van der Waals surface area (Å²) in [5, 5.41) is -0.299. The Balaban J connectivity index is 2.40. The van der Waals surface area contributed by atoms with Gasteiger partial charge in [0.1, 0.15) is 0 Å². The maximum atomic E-state index is 10.2. The van der Waals surface area contributed by atoms with E-state index in [0.29, 0.717) is 5.75 Å². The van der Waals surface area contributed by atoms with Gasteiger partial charge in [-0.25, -0.2) is 8.37 Å². The van der Waals surface area contributed by atoms with Gasteiger partial charge in [0.2, 0.25) is 6.29 Å². The van der Waals surface area contributed by atoms with Crippen molar-refractivity contribution in [2.45, 2.75) is 11.5 Å². The Morgan fingerprint density at radius 3 is 2.30 bits per heavy atom. The molecule has 0 N–H and O–H groups in total. The van der Waals surface area contributed by atoms with E-state index < -0.39 is 16.7 Å². The molecule has 1 atom stereocenters. The SMILES string of the molecule is O=S1(=O)OC(C(S)CS)O1. The molecule has 0 aliphatic carbocycles. The van der Waals surface area contributed by atoms with Gasteiger partial charge < -0.3 is 0 Å². The molecule has 1 aliphatic heterocycles. The van der Waals surface area contributed by atoms with Crippen LogP contribution in [0.5, 0.6) is 0 Å². The quantitative estimate of drug-likeness (QED) is 0.611. The highest BCUT2D eigenvalue weighted by Crippen LogP contribution is 2.24. The first-order valence-electron chi connectivity index (χ1n) is 2.45. The molecule has 1 aliphatic rings. The van der Waals surface area contributed by atoms with E-state index in [1.165, 1.54) is 0 Å². The molecule has 1 unspecified atom stereocenters. The van der Waals surface area contributed by atoms with Gasteiger partial charge in [-0.2, -0.15) is 33.7 Å². The van der Waals surface area contributed by atoms with Crippen molar-refractivity contribution in [2.24, 2.45) is 0 Å². The van der Waals surface area contributed by atoms with Gasteiger partial charge in [0.05, 0.1) is 5.25 Å². The third-order valence-electron chi connectivity index (χ3n) is 0.927. The molecule has 10 heavy (non-hydrogen) atoms. The number of thiol groups is 2. The lowest BCUT2D eigenvalue weighted by atomic mass is 10.5. The molecular weight excluding hydrogens is 196 g/mol. The summed E-state index contributed by atoms with van der Waals surface area (Å²) < 4.78 is 29.0. The fraction of sp³-hybridized carbons (Fsp3) is 1.00. The van der Waals surface area contributed by atoms with Crippen LogP contribution in [0.4, 0.5) is 0 Å². The van der Waals surface area contributed by atoms with Gasteiger partial charge in [0.15, 0.2) is 0 Å². The lowest BCUT2D eigenvalue weighted by Gasteiger charge is -2.28. The summed E-state index contributed by atoms with van der Waals surface area (Å²) in [6.45, 7) is 0. The second-order valence-corrected chi connectivity index (χ2v) is 3.95. The first-order valence-corrected chi connectivity index (χ1v) is 4.94. The van der Waals surface area contributed by atoms with E-state index in [4.69, 9.17) is 0 Å². The van der Waals surface area contributed by atoms with Crippen molar-refractivity contribution >= 4 is 35.7 Å². The minimum Gasteiger partial charge on any atom is -0.213 e. The Morgan fingerprint density at radius 1 is 1.50 bits per heavy atom. The molecule has 0 aromatic rings. The summed E-state index contributed by atoms with van der Waals surface area (Å²) in [6, 6.07) is 0. The Labute approximate surface area is 70.0 Å². The Hall–Kier alpha value is 0.570. The third kappa shape index (κ3) is 1.79. The van der Waals surface area contributed by atoms with Crippen molar-refractivity contribution in [2.75, 3.05) is 5.75 Å². The molecule has 0 radical (unpaired) electrons. The van der Waals surface area contributed by atoms with E-state index >= 15 is 0 Å². The molecule has 0 aromatic heterocycles. The number of hydrogen-bond donors (Lipinski definition) is 2. The Kier molecular flexibility index (Phi) is 2.51. The molecule has 0 aromatic carbocycles. The fourth-order valence-electron chi connectivity index (χ4n) is 0.454. The monoisotopic (exact) mass is 202 g/mol. The molecule has 7 heteroatoms. The van der Waals surface area contributed by atoms with E-state index in [-0.39, 0.29) is 5.25 Å². The zero-order chi connectivity index (χ0) is 7.78. The molecular formula is C3H6O4S3. The molecule has 4 nitrogen and oxygen atoms in total. The van der Waals surface area contributed by atoms with Gasteiger partial charge in [0, 0.05) is 5.75 Å². The van der Waals surface area contributed by atoms with Crippen LogP contribution in [0.25, 0.3) is 0 Å². The standard InChI is InChI=1S/C3H6O4S3/c4-10(5)6-3(7-10)2(9)1-8/h2-3,8-9H,1H2. The summed E-state index contributed by atoms with van der Waals surface area (Å²) in [6.07, 6.45) is -0.758. The average molecular weight is 202 g/mol. The fourth-order valence-corrected chi connectivity index (χ4v) is 1.66. The Morgan fingerprint density at radius 2 is 2.00 bits per heavy atom. The van der Waals surface area contributed by atoms with Crippen molar-refractivity contribution in [3.8, 4) is 0 Å². The van der Waals surface area contributed by atoms with E-state index in [0.717, 1.165) is 0 Å². The zero-order valence-electron chi connectivity index (χ0n) is 4.80. The second kappa shape index (κ2) is 2.90. The van der Waals surface area contributed by atoms with E-state index in [1.807, 2.05) is 0 Å². The highest BCUT2D eigenvalue weighted by atomic mass is 32.3. The number of hydrogen-bond acceptors (Lipinski definition) is 6. The average Bonchev–Trinajstić information content (AvgIpc) is 1.81. The van der Waals surface area contributed by atoms with Gasteiger partial charge in [-0.05, 0) is 0 Å². The first kappa shape index (κ1) is 8.66. The van der Waals surface area contributed by atoms with E-state index in [9.17, 15) is 8.42 Å². The molecule has 0 bridgehead atoms. The van der Waals surface area contributed by atoms with Crippen LogP contribution < -0.4 is 0 Å². The van der Waals surface area contributed by atoms with Crippen molar-refractivity contribution < 1.29 is 16.8 Å². The smallest absolute Gasteiger partial charge is 0.213 e. The van der Waals surface area contributed by atoms with Crippen molar-refractivity contribution in [3.05, 3.63) is 0 Å². The predicted octanol–water partition coefficient (Wildman–Crippen LogP) is -0.168. The topological polar surface area (TPSA) is 52.6 Å². The molecule has 0 saturated carbocycles. The lowest BCUT2D eigenvalue weighted by Crippen LogP contribution is -2.43. The van der Waals surface area contributed by atoms with Gasteiger partial charge in [-0.15, -0.1) is 0 Å². The van der Waals surface area contributed by atoms with Gasteiger partial charge in [-0.1, -0.05) is 0 Å². The van der Waals surface area contributed by atoms with Crippen molar-refractivity contribution in [1.82, 2.24) is 0 Å². The van der Waals surface area contributed by atoms with Crippen LogP contribution >= 0.6 is 25.3 Å². The molecule has 60 valence electrons. The molecule has 1 fully saturated rings. The largest absolute Gasteiger partial charge is 0.405 e. The van der Waals surface area contributed by atoms with E-state index in [1.54, 1.807) is 0 Å². The van der Waals surface area contributed by atoms with Crippen molar-refractivity contribution in [1.29, 1.82) is 0 Å². The third-order valence-corrected chi connectivity index (χ3v) is 2.88. The summed E-state index contributed by atoms with van der Waals surface area (Å²) in [5.41, 5.74) is 0. The second-order valence-electron chi connectivity index (χ2n) is 1.72. The van der Waals surface area contributed by atoms with Crippen LogP contribution in [0, 0.1) is 0 Å². The summed E-state index contributed by atoms with van der Waals surface area (Å²) in [4.78, 5) is 0. The highest BCUT2D eigenvalue weighted by molar-refractivity contribution is 7.85. The minimum absolute atomic E-state index is 0.299. The minimum atomic E-state index is -3.67. The summed E-state index contributed by atoms with van der Waals surface area (Å²) in [5.74, 6) is 0.406. The maximum Gasteiger partial charge on any atom is 0.405 e. The summed E-state index contributed by atoms with van der Waals surface area (Å²) >= 11 is 7.81. The van der Waals surface area contributed by atoms with Crippen molar-refractivity contribution in [3.63, 3.8) is 0 Å². The molecule has 1 heterocycles. The predicted molar refractivity (Wildman–Crippen MR) is 41.5 cm³/mol. The number of rotatable bonds is 2. The van der Waals surface area contributed by atoms with Crippen LogP contribution in [0.2, 0.25) is 0 Å². The maximum absolute atomic E-state index is 10.2.